The molecular weight excluding hydrogens is 218 g/mol. The van der Waals surface area contributed by atoms with Crippen LogP contribution in [0.3, 0.4) is 0 Å². The summed E-state index contributed by atoms with van der Waals surface area (Å²) in [5, 5.41) is 0. The van der Waals surface area contributed by atoms with E-state index in [-0.39, 0.29) is 11.9 Å². The highest BCUT2D eigenvalue weighted by atomic mass is 16.5. The van der Waals surface area contributed by atoms with Crippen LogP contribution in [-0.2, 0) is 9.53 Å². The Morgan fingerprint density at radius 3 is 3.06 bits per heavy atom. The molecule has 2 rings (SSSR count). The highest BCUT2D eigenvalue weighted by molar-refractivity contribution is 5.73. The number of carbonyl (C=O) groups excluding carboxylic acids is 1. The number of ether oxygens (including phenoxy) is 1. The zero-order valence-electron chi connectivity index (χ0n) is 9.93. The second-order valence-electron chi connectivity index (χ2n) is 4.26. The maximum atomic E-state index is 11.5. The van der Waals surface area contributed by atoms with Crippen LogP contribution in [0.5, 0.6) is 0 Å². The largest absolute Gasteiger partial charge is 0.469 e. The van der Waals surface area contributed by atoms with Gasteiger partial charge in [-0.1, -0.05) is 0 Å². The van der Waals surface area contributed by atoms with Crippen LogP contribution in [0.25, 0.3) is 0 Å². The van der Waals surface area contributed by atoms with Crippen molar-refractivity contribution in [2.45, 2.75) is 12.8 Å². The van der Waals surface area contributed by atoms with Gasteiger partial charge in [0.1, 0.15) is 5.82 Å². The zero-order valence-corrected chi connectivity index (χ0v) is 9.93. The molecule has 17 heavy (non-hydrogen) atoms. The van der Waals surface area contributed by atoms with Gasteiger partial charge in [0.2, 0.25) is 0 Å². The molecule has 1 atom stereocenters. The Morgan fingerprint density at radius 2 is 2.41 bits per heavy atom. The highest BCUT2D eigenvalue weighted by Crippen LogP contribution is 2.22. The van der Waals surface area contributed by atoms with Crippen molar-refractivity contribution in [2.24, 2.45) is 5.92 Å². The number of aromatic nitrogens is 1. The Bertz CT molecular complexity index is 391. The van der Waals surface area contributed by atoms with Gasteiger partial charge in [-0.3, -0.25) is 4.79 Å². The Balaban J connectivity index is 2.06. The maximum Gasteiger partial charge on any atom is 0.310 e. The number of carbonyl (C=O) groups is 1. The van der Waals surface area contributed by atoms with E-state index in [1.165, 1.54) is 7.11 Å². The van der Waals surface area contributed by atoms with E-state index in [0.29, 0.717) is 12.2 Å². The van der Waals surface area contributed by atoms with Crippen molar-refractivity contribution in [3.05, 3.63) is 18.3 Å². The Morgan fingerprint density at radius 1 is 1.59 bits per heavy atom. The van der Waals surface area contributed by atoms with Crippen LogP contribution in [0, 0.1) is 5.92 Å². The minimum atomic E-state index is -0.134. The lowest BCUT2D eigenvalue weighted by atomic mass is 9.98. The molecule has 1 fully saturated rings. The van der Waals surface area contributed by atoms with E-state index in [0.717, 1.165) is 25.2 Å². The first-order valence-corrected chi connectivity index (χ1v) is 5.75. The third kappa shape index (κ3) is 2.67. The quantitative estimate of drug-likeness (QED) is 0.776. The second kappa shape index (κ2) is 5.03. The summed E-state index contributed by atoms with van der Waals surface area (Å²) in [5.41, 5.74) is 6.25. The summed E-state index contributed by atoms with van der Waals surface area (Å²) in [4.78, 5) is 17.9. The molecule has 1 saturated heterocycles. The fourth-order valence-corrected chi connectivity index (χ4v) is 2.13. The summed E-state index contributed by atoms with van der Waals surface area (Å²) in [7, 11) is 1.43. The number of nitrogens with zero attached hydrogens (tertiary/aromatic N) is 2. The maximum absolute atomic E-state index is 11.5. The number of anilines is 2. The summed E-state index contributed by atoms with van der Waals surface area (Å²) < 4.78 is 4.79. The second-order valence-corrected chi connectivity index (χ2v) is 4.26. The van der Waals surface area contributed by atoms with Crippen molar-refractivity contribution in [1.82, 2.24) is 4.98 Å². The first kappa shape index (κ1) is 11.7. The summed E-state index contributed by atoms with van der Waals surface area (Å²) in [5.74, 6) is 0.686. The molecule has 1 aliphatic heterocycles. The molecule has 2 N–H and O–H groups in total. The molecule has 5 nitrogen and oxygen atoms in total. The van der Waals surface area contributed by atoms with E-state index in [1.807, 2.05) is 12.1 Å². The first-order chi connectivity index (χ1) is 8.20. The molecule has 1 unspecified atom stereocenters. The van der Waals surface area contributed by atoms with Gasteiger partial charge in [-0.2, -0.15) is 0 Å². The standard InChI is InChI=1S/C12H17N3O2/c1-17-12(16)9-3-2-6-15(8-9)11-5-4-10(13)7-14-11/h4-5,7,9H,2-3,6,8,13H2,1H3. The van der Waals surface area contributed by atoms with Gasteiger partial charge in [0.25, 0.3) is 0 Å². The fraction of sp³-hybridized carbons (Fsp3) is 0.500. The number of pyridine rings is 1. The normalized spacial score (nSPS) is 20.1. The SMILES string of the molecule is COC(=O)C1CCCN(c2ccc(N)cn2)C1. The van der Waals surface area contributed by atoms with E-state index >= 15 is 0 Å². The lowest BCUT2D eigenvalue weighted by Gasteiger charge is -2.32. The number of piperidine rings is 1. The number of esters is 1. The molecule has 0 bridgehead atoms. The first-order valence-electron chi connectivity index (χ1n) is 5.75. The van der Waals surface area contributed by atoms with Crippen LogP contribution in [0.15, 0.2) is 18.3 Å². The molecule has 92 valence electrons. The minimum absolute atomic E-state index is 0.0481. The predicted molar refractivity (Wildman–Crippen MR) is 65.6 cm³/mol. The minimum Gasteiger partial charge on any atom is -0.469 e. The monoisotopic (exact) mass is 235 g/mol. The lowest BCUT2D eigenvalue weighted by molar-refractivity contribution is -0.145. The van der Waals surface area contributed by atoms with E-state index < -0.39 is 0 Å². The highest BCUT2D eigenvalue weighted by Gasteiger charge is 2.26. The third-order valence-corrected chi connectivity index (χ3v) is 3.05. The number of hydrogen-bond acceptors (Lipinski definition) is 5. The predicted octanol–water partition coefficient (Wildman–Crippen LogP) is 1.05. The van der Waals surface area contributed by atoms with Crippen molar-refractivity contribution >= 4 is 17.5 Å². The summed E-state index contributed by atoms with van der Waals surface area (Å²) in [6.45, 7) is 1.59. The molecule has 0 saturated carbocycles. The molecule has 0 radical (unpaired) electrons. The lowest BCUT2D eigenvalue weighted by Crippen LogP contribution is -2.39. The van der Waals surface area contributed by atoms with Crippen LogP contribution in [0.1, 0.15) is 12.8 Å². The Labute approximate surface area is 101 Å². The molecule has 0 aliphatic carbocycles. The van der Waals surface area contributed by atoms with Crippen molar-refractivity contribution in [3.8, 4) is 0 Å². The van der Waals surface area contributed by atoms with Crippen LogP contribution in [-0.4, -0.2) is 31.2 Å². The van der Waals surface area contributed by atoms with E-state index in [1.54, 1.807) is 6.20 Å². The molecule has 0 spiro atoms. The topological polar surface area (TPSA) is 68.5 Å². The van der Waals surface area contributed by atoms with Crippen LogP contribution in [0.4, 0.5) is 11.5 Å². The zero-order chi connectivity index (χ0) is 12.3. The third-order valence-electron chi connectivity index (χ3n) is 3.05. The van der Waals surface area contributed by atoms with Crippen LogP contribution in [0.2, 0.25) is 0 Å². The van der Waals surface area contributed by atoms with Gasteiger partial charge in [0.15, 0.2) is 0 Å². The van der Waals surface area contributed by atoms with Gasteiger partial charge >= 0.3 is 5.97 Å². The molecule has 1 aliphatic rings. The smallest absolute Gasteiger partial charge is 0.310 e. The van der Waals surface area contributed by atoms with Gasteiger partial charge in [0, 0.05) is 13.1 Å². The number of rotatable bonds is 2. The van der Waals surface area contributed by atoms with Gasteiger partial charge in [0.05, 0.1) is 24.9 Å². The van der Waals surface area contributed by atoms with Crippen molar-refractivity contribution in [1.29, 1.82) is 0 Å². The number of nitrogens with two attached hydrogens (primary N) is 1. The summed E-state index contributed by atoms with van der Waals surface area (Å²) in [6, 6.07) is 3.71. The van der Waals surface area contributed by atoms with Gasteiger partial charge < -0.3 is 15.4 Å². The molecule has 0 aromatic carbocycles. The number of hydrogen-bond donors (Lipinski definition) is 1. The van der Waals surface area contributed by atoms with Gasteiger partial charge in [-0.05, 0) is 25.0 Å². The van der Waals surface area contributed by atoms with E-state index in [2.05, 4.69) is 9.88 Å². The summed E-state index contributed by atoms with van der Waals surface area (Å²) in [6.07, 6.45) is 3.50. The van der Waals surface area contributed by atoms with Gasteiger partial charge in [-0.25, -0.2) is 4.98 Å². The van der Waals surface area contributed by atoms with Crippen molar-refractivity contribution in [3.63, 3.8) is 0 Å². The van der Waals surface area contributed by atoms with Crippen molar-refractivity contribution < 1.29 is 9.53 Å². The molecule has 5 heteroatoms. The fourth-order valence-electron chi connectivity index (χ4n) is 2.13. The number of nitrogen functional groups attached to an aromatic ring is 1. The van der Waals surface area contributed by atoms with Crippen LogP contribution < -0.4 is 10.6 Å². The average molecular weight is 235 g/mol. The Hall–Kier alpha value is -1.78. The van der Waals surface area contributed by atoms with Gasteiger partial charge in [-0.15, -0.1) is 0 Å². The number of methoxy groups -OCH3 is 1. The molecule has 0 amide bonds. The molecular formula is C12H17N3O2. The average Bonchev–Trinajstić information content (AvgIpc) is 2.39. The van der Waals surface area contributed by atoms with Crippen LogP contribution >= 0.6 is 0 Å². The van der Waals surface area contributed by atoms with E-state index in [9.17, 15) is 4.79 Å². The Kier molecular flexibility index (Phi) is 3.46. The molecule has 1 aromatic heterocycles. The van der Waals surface area contributed by atoms with E-state index in [4.69, 9.17) is 10.5 Å². The van der Waals surface area contributed by atoms with Crippen molar-refractivity contribution in [2.75, 3.05) is 30.8 Å². The molecule has 2 heterocycles. The summed E-state index contributed by atoms with van der Waals surface area (Å²) >= 11 is 0. The molecule has 1 aromatic rings.